The van der Waals surface area contributed by atoms with Gasteiger partial charge in [-0.15, -0.1) is 0 Å². The predicted octanol–water partition coefficient (Wildman–Crippen LogP) is 0.813. The summed E-state index contributed by atoms with van der Waals surface area (Å²) in [6.45, 7) is 7.02. The molecule has 3 N–H and O–H groups in total. The highest BCUT2D eigenvalue weighted by Crippen LogP contribution is 2.12. The highest BCUT2D eigenvalue weighted by atomic mass is 16.3. The monoisotopic (exact) mass is 161 g/mol. The summed E-state index contributed by atoms with van der Waals surface area (Å²) in [6, 6.07) is 0. The minimum Gasteiger partial charge on any atom is -0.376 e. The molecule has 0 fully saturated rings. The van der Waals surface area contributed by atoms with Gasteiger partial charge < -0.3 is 10.2 Å². The Bertz CT molecular complexity index is 107. The van der Waals surface area contributed by atoms with Gasteiger partial charge >= 0.3 is 0 Å². The Morgan fingerprint density at radius 2 is 1.27 bits per heavy atom. The van der Waals surface area contributed by atoms with Crippen molar-refractivity contribution in [1.82, 2.24) is 5.32 Å². The van der Waals surface area contributed by atoms with Crippen LogP contribution in [0, 0.1) is 0 Å². The van der Waals surface area contributed by atoms with Gasteiger partial charge in [0.15, 0.2) is 0 Å². The Kier molecular flexibility index (Phi) is 3.48. The van der Waals surface area contributed by atoms with Crippen molar-refractivity contribution in [1.29, 1.82) is 0 Å². The molecule has 2 atom stereocenters. The van der Waals surface area contributed by atoms with Crippen LogP contribution in [0.5, 0.6) is 0 Å². The number of hydrogen-bond acceptors (Lipinski definition) is 3. The van der Waals surface area contributed by atoms with Crippen molar-refractivity contribution in [3.63, 3.8) is 0 Å². The van der Waals surface area contributed by atoms with Gasteiger partial charge in [0.25, 0.3) is 0 Å². The van der Waals surface area contributed by atoms with E-state index in [2.05, 4.69) is 5.32 Å². The molecule has 0 aliphatic carbocycles. The zero-order valence-electron chi connectivity index (χ0n) is 7.81. The van der Waals surface area contributed by atoms with Crippen molar-refractivity contribution in [2.24, 2.45) is 0 Å². The molecule has 0 rings (SSSR count). The number of aliphatic hydroxyl groups is 2. The van der Waals surface area contributed by atoms with Gasteiger partial charge in [-0.2, -0.15) is 0 Å². The minimum absolute atomic E-state index is 0.573. The van der Waals surface area contributed by atoms with Gasteiger partial charge in [-0.25, -0.2) is 0 Å². The van der Waals surface area contributed by atoms with E-state index >= 15 is 0 Å². The smallest absolute Gasteiger partial charge is 0.115 e. The van der Waals surface area contributed by atoms with Crippen molar-refractivity contribution >= 4 is 0 Å². The van der Waals surface area contributed by atoms with Crippen molar-refractivity contribution in [3.05, 3.63) is 0 Å². The third-order valence-corrected chi connectivity index (χ3v) is 1.92. The number of hydrogen-bond donors (Lipinski definition) is 3. The first-order chi connectivity index (χ1) is 4.83. The third-order valence-electron chi connectivity index (χ3n) is 1.92. The Morgan fingerprint density at radius 1 is 1.00 bits per heavy atom. The van der Waals surface area contributed by atoms with Gasteiger partial charge in [-0.1, -0.05) is 13.8 Å². The Balaban J connectivity index is 4.02. The summed E-state index contributed by atoms with van der Waals surface area (Å²) in [5.74, 6) is 0. The lowest BCUT2D eigenvalue weighted by Gasteiger charge is -2.33. The maximum atomic E-state index is 9.52. The Morgan fingerprint density at radius 3 is 1.45 bits per heavy atom. The van der Waals surface area contributed by atoms with Crippen molar-refractivity contribution in [3.8, 4) is 0 Å². The molecule has 0 aliphatic rings. The Labute approximate surface area is 68.4 Å². The first-order valence-electron chi connectivity index (χ1n) is 4.07. The van der Waals surface area contributed by atoms with Crippen LogP contribution >= 0.6 is 0 Å². The van der Waals surface area contributed by atoms with E-state index in [0.717, 1.165) is 0 Å². The number of nitrogens with one attached hydrogen (secondary N) is 1. The lowest BCUT2D eigenvalue weighted by molar-refractivity contribution is -0.0867. The fraction of sp³-hybridized carbons (Fsp3) is 1.00. The molecule has 0 radical (unpaired) electrons. The summed E-state index contributed by atoms with van der Waals surface area (Å²) in [5.41, 5.74) is -1.95. The molecule has 2 unspecified atom stereocenters. The van der Waals surface area contributed by atoms with Crippen LogP contribution in [0.1, 0.15) is 40.5 Å². The minimum atomic E-state index is -0.973. The summed E-state index contributed by atoms with van der Waals surface area (Å²) in [6.07, 6.45) is 1.15. The molecular weight excluding hydrogens is 142 g/mol. The molecule has 0 aliphatic heterocycles. The van der Waals surface area contributed by atoms with Gasteiger partial charge in [0.1, 0.15) is 11.4 Å². The van der Waals surface area contributed by atoms with E-state index < -0.39 is 11.4 Å². The van der Waals surface area contributed by atoms with E-state index in [1.165, 1.54) is 0 Å². The lowest BCUT2D eigenvalue weighted by atomic mass is 10.1. The second-order valence-corrected chi connectivity index (χ2v) is 3.38. The largest absolute Gasteiger partial charge is 0.376 e. The zero-order chi connectivity index (χ0) is 9.12. The average Bonchev–Trinajstić information content (AvgIpc) is 1.86. The first-order valence-corrected chi connectivity index (χ1v) is 4.07. The van der Waals surface area contributed by atoms with Crippen molar-refractivity contribution in [2.45, 2.75) is 52.0 Å². The second kappa shape index (κ2) is 3.52. The highest BCUT2D eigenvalue weighted by molar-refractivity contribution is 4.76. The van der Waals surface area contributed by atoms with Crippen LogP contribution in [0.4, 0.5) is 0 Å². The molecule has 0 heterocycles. The van der Waals surface area contributed by atoms with Crippen LogP contribution in [0.2, 0.25) is 0 Å². The molecule has 3 heteroatoms. The summed E-state index contributed by atoms with van der Waals surface area (Å²) in [5, 5.41) is 21.8. The molecule has 0 aromatic rings. The second-order valence-electron chi connectivity index (χ2n) is 3.38. The molecule has 0 amide bonds. The molecular formula is C8H19NO2. The van der Waals surface area contributed by atoms with E-state index in [-0.39, 0.29) is 0 Å². The van der Waals surface area contributed by atoms with Crippen LogP contribution in [-0.2, 0) is 0 Å². The summed E-state index contributed by atoms with van der Waals surface area (Å²) in [4.78, 5) is 0. The van der Waals surface area contributed by atoms with E-state index in [0.29, 0.717) is 12.8 Å². The van der Waals surface area contributed by atoms with E-state index in [1.807, 2.05) is 13.8 Å². The SMILES string of the molecule is CCC(C)(O)NC(C)(O)CC. The fourth-order valence-corrected chi connectivity index (χ4v) is 0.757. The van der Waals surface area contributed by atoms with Gasteiger partial charge in [0.05, 0.1) is 0 Å². The molecule has 3 nitrogen and oxygen atoms in total. The molecule has 0 aromatic carbocycles. The highest BCUT2D eigenvalue weighted by Gasteiger charge is 2.27. The zero-order valence-corrected chi connectivity index (χ0v) is 7.81. The van der Waals surface area contributed by atoms with E-state index in [4.69, 9.17) is 0 Å². The summed E-state index contributed by atoms with van der Waals surface area (Å²) in [7, 11) is 0. The van der Waals surface area contributed by atoms with E-state index in [1.54, 1.807) is 13.8 Å². The third kappa shape index (κ3) is 4.35. The summed E-state index contributed by atoms with van der Waals surface area (Å²) >= 11 is 0. The topological polar surface area (TPSA) is 52.5 Å². The van der Waals surface area contributed by atoms with Crippen LogP contribution in [0.15, 0.2) is 0 Å². The fourth-order valence-electron chi connectivity index (χ4n) is 0.757. The Hall–Kier alpha value is -0.120. The lowest BCUT2D eigenvalue weighted by Crippen LogP contribution is -2.54. The molecule has 0 aromatic heterocycles. The standard InChI is InChI=1S/C8H19NO2/c1-5-7(3,10)9-8(4,11)6-2/h9-11H,5-6H2,1-4H3. The van der Waals surface area contributed by atoms with Gasteiger partial charge in [-0.3, -0.25) is 5.32 Å². The molecule has 68 valence electrons. The first kappa shape index (κ1) is 10.9. The molecule has 11 heavy (non-hydrogen) atoms. The quantitative estimate of drug-likeness (QED) is 0.535. The van der Waals surface area contributed by atoms with Crippen molar-refractivity contribution < 1.29 is 10.2 Å². The van der Waals surface area contributed by atoms with Gasteiger partial charge in [-0.05, 0) is 26.7 Å². The molecule has 0 saturated heterocycles. The van der Waals surface area contributed by atoms with Crippen LogP contribution in [-0.4, -0.2) is 21.7 Å². The molecule has 0 bridgehead atoms. The molecule has 0 saturated carbocycles. The van der Waals surface area contributed by atoms with Gasteiger partial charge in [0.2, 0.25) is 0 Å². The van der Waals surface area contributed by atoms with E-state index in [9.17, 15) is 10.2 Å². The number of rotatable bonds is 4. The van der Waals surface area contributed by atoms with Crippen LogP contribution in [0.3, 0.4) is 0 Å². The van der Waals surface area contributed by atoms with Crippen molar-refractivity contribution in [2.75, 3.05) is 0 Å². The maximum Gasteiger partial charge on any atom is 0.115 e. The summed E-state index contributed by atoms with van der Waals surface area (Å²) < 4.78 is 0. The predicted molar refractivity (Wildman–Crippen MR) is 45.0 cm³/mol. The van der Waals surface area contributed by atoms with Crippen LogP contribution in [0.25, 0.3) is 0 Å². The average molecular weight is 161 g/mol. The molecule has 0 spiro atoms. The maximum absolute atomic E-state index is 9.52. The van der Waals surface area contributed by atoms with Crippen LogP contribution < -0.4 is 5.32 Å². The van der Waals surface area contributed by atoms with Gasteiger partial charge in [0, 0.05) is 0 Å². The normalized spacial score (nSPS) is 22.4.